The van der Waals surface area contributed by atoms with Crippen molar-refractivity contribution in [1.29, 1.82) is 0 Å². The summed E-state index contributed by atoms with van der Waals surface area (Å²) in [6.45, 7) is 5.66. The van der Waals surface area contributed by atoms with Crippen molar-refractivity contribution in [1.82, 2.24) is 4.90 Å². The molecule has 2 amide bonds. The molecule has 2 heterocycles. The Bertz CT molecular complexity index is 778. The normalized spacial score (nSPS) is 19.7. The Morgan fingerprint density at radius 1 is 1.25 bits per heavy atom. The first-order valence-electron chi connectivity index (χ1n) is 9.76. The summed E-state index contributed by atoms with van der Waals surface area (Å²) in [7, 11) is 0. The van der Waals surface area contributed by atoms with Crippen LogP contribution in [-0.4, -0.2) is 43.0 Å². The van der Waals surface area contributed by atoms with Gasteiger partial charge in [-0.2, -0.15) is 0 Å². The van der Waals surface area contributed by atoms with Gasteiger partial charge in [-0.25, -0.2) is 4.39 Å². The molecule has 1 aromatic rings. The zero-order valence-electron chi connectivity index (χ0n) is 16.4. The van der Waals surface area contributed by atoms with Crippen molar-refractivity contribution in [3.8, 4) is 0 Å². The molecule has 0 aliphatic carbocycles. The summed E-state index contributed by atoms with van der Waals surface area (Å²) in [6.07, 6.45) is 2.96. The van der Waals surface area contributed by atoms with Gasteiger partial charge in [0, 0.05) is 25.2 Å². The number of allylic oxidation sites excluding steroid dienone is 1. The maximum atomic E-state index is 13.2. The van der Waals surface area contributed by atoms with E-state index in [0.29, 0.717) is 61.9 Å². The molecule has 2 aliphatic heterocycles. The van der Waals surface area contributed by atoms with Crippen LogP contribution in [-0.2, 0) is 19.1 Å². The number of amides is 2. The molecule has 1 saturated heterocycles. The fourth-order valence-electron chi connectivity index (χ4n) is 3.66. The van der Waals surface area contributed by atoms with Crippen LogP contribution in [0.25, 0.3) is 0 Å². The number of nitrogens with one attached hydrogen (secondary N) is 1. The van der Waals surface area contributed by atoms with Crippen LogP contribution in [0, 0.1) is 18.7 Å². The molecule has 1 N–H and O–H groups in total. The van der Waals surface area contributed by atoms with E-state index >= 15 is 0 Å². The second kappa shape index (κ2) is 9.08. The monoisotopic (exact) mass is 390 g/mol. The van der Waals surface area contributed by atoms with Gasteiger partial charge in [0.25, 0.3) is 5.91 Å². The number of carbonyl (C=O) groups is 2. The molecular formula is C21H27FN2O4. The number of anilines is 1. The van der Waals surface area contributed by atoms with Crippen LogP contribution in [0.3, 0.4) is 0 Å². The molecule has 3 rings (SSSR count). The van der Waals surface area contributed by atoms with Gasteiger partial charge < -0.3 is 19.7 Å². The maximum Gasteiger partial charge on any atom is 0.292 e. The Morgan fingerprint density at radius 3 is 2.79 bits per heavy atom. The van der Waals surface area contributed by atoms with Gasteiger partial charge in [0.05, 0.1) is 0 Å². The first kappa shape index (κ1) is 20.2. The molecule has 2 aliphatic rings. The van der Waals surface area contributed by atoms with Crippen molar-refractivity contribution < 1.29 is 23.5 Å². The van der Waals surface area contributed by atoms with Gasteiger partial charge in [0.2, 0.25) is 11.7 Å². The summed E-state index contributed by atoms with van der Waals surface area (Å²) in [5, 5.41) is 2.84. The van der Waals surface area contributed by atoms with E-state index in [0.717, 1.165) is 12.8 Å². The molecule has 0 spiro atoms. The minimum atomic E-state index is -0.319. The number of carbonyl (C=O) groups excluding carboxylic acids is 2. The summed E-state index contributed by atoms with van der Waals surface area (Å²) >= 11 is 0. The highest BCUT2D eigenvalue weighted by molar-refractivity contribution is 5.92. The van der Waals surface area contributed by atoms with Gasteiger partial charge in [-0.1, -0.05) is 0 Å². The van der Waals surface area contributed by atoms with Crippen LogP contribution in [0.1, 0.15) is 38.2 Å². The smallest absolute Gasteiger partial charge is 0.292 e. The number of ether oxygens (including phenoxy) is 2. The number of rotatable bonds is 5. The molecule has 0 radical (unpaired) electrons. The van der Waals surface area contributed by atoms with Crippen molar-refractivity contribution in [2.24, 2.45) is 5.92 Å². The van der Waals surface area contributed by atoms with Crippen LogP contribution >= 0.6 is 0 Å². The Morgan fingerprint density at radius 2 is 2.04 bits per heavy atom. The van der Waals surface area contributed by atoms with E-state index in [1.165, 1.54) is 12.1 Å². The molecule has 1 unspecified atom stereocenters. The van der Waals surface area contributed by atoms with Gasteiger partial charge in [-0.3, -0.25) is 9.59 Å². The number of aryl methyl sites for hydroxylation is 1. The molecule has 7 heteroatoms. The van der Waals surface area contributed by atoms with Crippen LogP contribution in [0.15, 0.2) is 29.7 Å². The van der Waals surface area contributed by atoms with Gasteiger partial charge >= 0.3 is 0 Å². The van der Waals surface area contributed by atoms with Crippen LogP contribution in [0.5, 0.6) is 0 Å². The van der Waals surface area contributed by atoms with Crippen LogP contribution in [0.4, 0.5) is 10.1 Å². The lowest BCUT2D eigenvalue weighted by Crippen LogP contribution is -2.42. The Kier molecular flexibility index (Phi) is 6.54. The third-order valence-corrected chi connectivity index (χ3v) is 5.21. The van der Waals surface area contributed by atoms with Crippen molar-refractivity contribution in [3.05, 3.63) is 41.1 Å². The average Bonchev–Trinajstić information content (AvgIpc) is 2.69. The number of halogens is 1. The summed E-state index contributed by atoms with van der Waals surface area (Å²) < 4.78 is 24.1. The van der Waals surface area contributed by atoms with Crippen molar-refractivity contribution in [2.45, 2.75) is 39.5 Å². The summed E-state index contributed by atoms with van der Waals surface area (Å²) in [5.74, 6) is 0.557. The van der Waals surface area contributed by atoms with Crippen molar-refractivity contribution in [3.63, 3.8) is 0 Å². The van der Waals surface area contributed by atoms with Gasteiger partial charge in [-0.05, 0) is 62.8 Å². The molecule has 6 nitrogen and oxygen atoms in total. The SMILES string of the molecule is CC1=C(C(=O)N2CCCC(CCC(=O)Nc3ccc(F)cc3C)C2)OCCO1. The Balaban J connectivity index is 1.51. The zero-order chi connectivity index (χ0) is 20.1. The first-order chi connectivity index (χ1) is 13.4. The van der Waals surface area contributed by atoms with E-state index < -0.39 is 0 Å². The highest BCUT2D eigenvalue weighted by atomic mass is 19.1. The predicted molar refractivity (Wildman–Crippen MR) is 103 cm³/mol. The number of nitrogens with zero attached hydrogens (tertiary/aromatic N) is 1. The number of likely N-dealkylation sites (tertiary alicyclic amines) is 1. The number of piperidine rings is 1. The molecule has 0 bridgehead atoms. The van der Waals surface area contributed by atoms with Gasteiger partial charge in [0.15, 0.2) is 0 Å². The molecule has 0 saturated carbocycles. The largest absolute Gasteiger partial charge is 0.491 e. The second-order valence-electron chi connectivity index (χ2n) is 7.39. The average molecular weight is 390 g/mol. The standard InChI is InChI=1S/C21H27FN2O4/c1-14-12-17(22)6-7-18(14)23-19(25)8-5-16-4-3-9-24(13-16)21(26)20-15(2)27-10-11-28-20/h6-7,12,16H,3-5,8-11,13H2,1-2H3,(H,23,25). The van der Waals surface area contributed by atoms with Crippen LogP contribution in [0.2, 0.25) is 0 Å². The molecule has 1 atom stereocenters. The third-order valence-electron chi connectivity index (χ3n) is 5.21. The molecule has 152 valence electrons. The van der Waals surface area contributed by atoms with E-state index in [1.807, 2.05) is 0 Å². The van der Waals surface area contributed by atoms with E-state index in [2.05, 4.69) is 5.32 Å². The topological polar surface area (TPSA) is 67.9 Å². The molecule has 1 fully saturated rings. The van der Waals surface area contributed by atoms with Gasteiger partial charge in [0.1, 0.15) is 24.8 Å². The predicted octanol–water partition coefficient (Wildman–Crippen LogP) is 3.37. The molecule has 28 heavy (non-hydrogen) atoms. The zero-order valence-corrected chi connectivity index (χ0v) is 16.4. The molecular weight excluding hydrogens is 363 g/mol. The van der Waals surface area contributed by atoms with E-state index in [1.54, 1.807) is 24.8 Å². The lowest BCUT2D eigenvalue weighted by atomic mass is 9.93. The summed E-state index contributed by atoms with van der Waals surface area (Å²) in [4.78, 5) is 26.8. The highest BCUT2D eigenvalue weighted by Gasteiger charge is 2.29. The molecule has 0 aromatic heterocycles. The summed E-state index contributed by atoms with van der Waals surface area (Å²) in [6, 6.07) is 4.31. The van der Waals surface area contributed by atoms with Crippen molar-refractivity contribution >= 4 is 17.5 Å². The first-order valence-corrected chi connectivity index (χ1v) is 9.76. The van der Waals surface area contributed by atoms with E-state index in [-0.39, 0.29) is 23.5 Å². The minimum absolute atomic E-state index is 0.0966. The van der Waals surface area contributed by atoms with Gasteiger partial charge in [-0.15, -0.1) is 0 Å². The Labute approximate surface area is 164 Å². The summed E-state index contributed by atoms with van der Waals surface area (Å²) in [5.41, 5.74) is 1.32. The molecule has 1 aromatic carbocycles. The highest BCUT2D eigenvalue weighted by Crippen LogP contribution is 2.25. The number of hydrogen-bond donors (Lipinski definition) is 1. The van der Waals surface area contributed by atoms with Crippen LogP contribution < -0.4 is 5.32 Å². The number of benzene rings is 1. The number of hydrogen-bond acceptors (Lipinski definition) is 4. The van der Waals surface area contributed by atoms with E-state index in [9.17, 15) is 14.0 Å². The second-order valence-corrected chi connectivity index (χ2v) is 7.39. The Hall–Kier alpha value is -2.57. The fraction of sp³-hybridized carbons (Fsp3) is 0.524. The third kappa shape index (κ3) is 5.03. The minimum Gasteiger partial charge on any atom is -0.491 e. The van der Waals surface area contributed by atoms with Crippen molar-refractivity contribution in [2.75, 3.05) is 31.6 Å². The fourth-order valence-corrected chi connectivity index (χ4v) is 3.66. The lowest BCUT2D eigenvalue weighted by Gasteiger charge is -2.34. The quantitative estimate of drug-likeness (QED) is 0.837. The van der Waals surface area contributed by atoms with E-state index in [4.69, 9.17) is 9.47 Å². The lowest BCUT2D eigenvalue weighted by molar-refractivity contribution is -0.134. The maximum absolute atomic E-state index is 13.2.